The molecule has 1 rings (SSSR count). The Bertz CT molecular complexity index is 395. The average Bonchev–Trinajstić information content (AvgIpc) is 2.27. The summed E-state index contributed by atoms with van der Waals surface area (Å²) in [5, 5.41) is 17.9. The number of carbonyl (C=O) groups is 1. The molecule has 6 heteroatoms. The van der Waals surface area contributed by atoms with Gasteiger partial charge in [0.25, 0.3) is 0 Å². The molecule has 0 fully saturated rings. The van der Waals surface area contributed by atoms with E-state index in [0.29, 0.717) is 5.82 Å². The number of rotatable bonds is 4. The molecule has 1 aromatic heterocycles. The molecule has 0 bridgehead atoms. The topological polar surface area (TPSA) is 99.7 Å². The maximum Gasteiger partial charge on any atom is 0.337 e. The smallest absolute Gasteiger partial charge is 0.337 e. The first-order chi connectivity index (χ1) is 7.47. The van der Waals surface area contributed by atoms with Gasteiger partial charge >= 0.3 is 5.97 Å². The Hall–Kier alpha value is -1.82. The SMILES string of the molecule is CC(CO)N(C)c1cc(C(=O)O)c(N)cn1. The maximum atomic E-state index is 10.9. The van der Waals surface area contributed by atoms with Crippen molar-refractivity contribution >= 4 is 17.5 Å². The van der Waals surface area contributed by atoms with E-state index in [1.165, 1.54) is 12.3 Å². The van der Waals surface area contributed by atoms with Gasteiger partial charge in [-0.2, -0.15) is 0 Å². The minimum absolute atomic E-state index is 0.0157. The summed E-state index contributed by atoms with van der Waals surface area (Å²) in [6.45, 7) is 1.77. The number of hydrogen-bond acceptors (Lipinski definition) is 5. The number of pyridine rings is 1. The molecule has 0 spiro atoms. The summed E-state index contributed by atoms with van der Waals surface area (Å²) in [5.74, 6) is -0.626. The number of nitrogens with two attached hydrogens (primary N) is 1. The quantitative estimate of drug-likeness (QED) is 0.676. The minimum atomic E-state index is -1.09. The number of aliphatic hydroxyl groups excluding tert-OH is 1. The molecule has 16 heavy (non-hydrogen) atoms. The van der Waals surface area contributed by atoms with Crippen molar-refractivity contribution in [3.05, 3.63) is 17.8 Å². The van der Waals surface area contributed by atoms with Gasteiger partial charge in [0.15, 0.2) is 0 Å². The van der Waals surface area contributed by atoms with Gasteiger partial charge in [0.05, 0.1) is 30.1 Å². The lowest BCUT2D eigenvalue weighted by Gasteiger charge is -2.24. The maximum absolute atomic E-state index is 10.9. The summed E-state index contributed by atoms with van der Waals surface area (Å²) in [5.41, 5.74) is 5.63. The zero-order valence-electron chi connectivity index (χ0n) is 9.21. The molecule has 0 aliphatic heterocycles. The first kappa shape index (κ1) is 12.3. The van der Waals surface area contributed by atoms with Gasteiger partial charge in [-0.15, -0.1) is 0 Å². The van der Waals surface area contributed by atoms with Crippen molar-refractivity contribution in [2.45, 2.75) is 13.0 Å². The third kappa shape index (κ3) is 2.40. The van der Waals surface area contributed by atoms with E-state index in [4.69, 9.17) is 15.9 Å². The number of aliphatic hydroxyl groups is 1. The molecule has 0 aliphatic rings. The molecule has 0 aliphatic carbocycles. The molecule has 1 aromatic rings. The lowest BCUT2D eigenvalue weighted by atomic mass is 10.2. The third-order valence-corrected chi connectivity index (χ3v) is 2.44. The summed E-state index contributed by atoms with van der Waals surface area (Å²) in [7, 11) is 1.73. The lowest BCUT2D eigenvalue weighted by molar-refractivity contribution is 0.0698. The highest BCUT2D eigenvalue weighted by molar-refractivity contribution is 5.94. The lowest BCUT2D eigenvalue weighted by Crippen LogP contribution is -2.32. The number of carboxylic acid groups (broad SMARTS) is 1. The van der Waals surface area contributed by atoms with Crippen molar-refractivity contribution in [1.82, 2.24) is 4.98 Å². The fourth-order valence-electron chi connectivity index (χ4n) is 1.18. The van der Waals surface area contributed by atoms with E-state index in [1.807, 2.05) is 0 Å². The molecular formula is C10H15N3O3. The Morgan fingerprint density at radius 1 is 1.69 bits per heavy atom. The fraction of sp³-hybridized carbons (Fsp3) is 0.400. The Kier molecular flexibility index (Phi) is 3.68. The van der Waals surface area contributed by atoms with Crippen LogP contribution in [0.25, 0.3) is 0 Å². The number of aromatic carboxylic acids is 1. The molecule has 1 atom stereocenters. The van der Waals surface area contributed by atoms with Crippen LogP contribution in [0, 0.1) is 0 Å². The molecule has 1 unspecified atom stereocenters. The van der Waals surface area contributed by atoms with Gasteiger partial charge in [0.2, 0.25) is 0 Å². The van der Waals surface area contributed by atoms with E-state index in [9.17, 15) is 4.79 Å². The summed E-state index contributed by atoms with van der Waals surface area (Å²) >= 11 is 0. The van der Waals surface area contributed by atoms with Gasteiger partial charge in [-0.1, -0.05) is 0 Å². The van der Waals surface area contributed by atoms with Crippen LogP contribution in [0.2, 0.25) is 0 Å². The van der Waals surface area contributed by atoms with Crippen molar-refractivity contribution < 1.29 is 15.0 Å². The number of anilines is 2. The minimum Gasteiger partial charge on any atom is -0.478 e. The Morgan fingerprint density at radius 2 is 2.31 bits per heavy atom. The highest BCUT2D eigenvalue weighted by Gasteiger charge is 2.14. The molecule has 0 aromatic carbocycles. The van der Waals surface area contributed by atoms with Gasteiger partial charge in [-0.05, 0) is 13.0 Å². The fourth-order valence-corrected chi connectivity index (χ4v) is 1.18. The van der Waals surface area contributed by atoms with E-state index >= 15 is 0 Å². The summed E-state index contributed by atoms with van der Waals surface area (Å²) in [4.78, 5) is 16.6. The van der Waals surface area contributed by atoms with Gasteiger partial charge < -0.3 is 20.8 Å². The second-order valence-corrected chi connectivity index (χ2v) is 3.58. The third-order valence-electron chi connectivity index (χ3n) is 2.44. The molecular weight excluding hydrogens is 210 g/mol. The highest BCUT2D eigenvalue weighted by Crippen LogP contribution is 2.18. The summed E-state index contributed by atoms with van der Waals surface area (Å²) in [6, 6.07) is 1.25. The Balaban J connectivity index is 3.07. The van der Waals surface area contributed by atoms with Crippen LogP contribution in [0.3, 0.4) is 0 Å². The number of hydrogen-bond donors (Lipinski definition) is 3. The van der Waals surface area contributed by atoms with E-state index in [1.54, 1.807) is 18.9 Å². The largest absolute Gasteiger partial charge is 0.478 e. The predicted molar refractivity (Wildman–Crippen MR) is 60.6 cm³/mol. The molecule has 4 N–H and O–H groups in total. The Labute approximate surface area is 93.3 Å². The Morgan fingerprint density at radius 3 is 2.81 bits per heavy atom. The number of aromatic nitrogens is 1. The predicted octanol–water partition coefficient (Wildman–Crippen LogP) is 0.179. The number of carboxylic acids is 1. The summed E-state index contributed by atoms with van der Waals surface area (Å²) < 4.78 is 0. The van der Waals surface area contributed by atoms with E-state index in [0.717, 1.165) is 0 Å². The van der Waals surface area contributed by atoms with Crippen molar-refractivity contribution in [2.75, 3.05) is 24.3 Å². The normalized spacial score (nSPS) is 12.2. The van der Waals surface area contributed by atoms with Gasteiger partial charge in [-0.25, -0.2) is 9.78 Å². The monoisotopic (exact) mass is 225 g/mol. The van der Waals surface area contributed by atoms with Crippen molar-refractivity contribution in [3.63, 3.8) is 0 Å². The zero-order chi connectivity index (χ0) is 12.3. The number of likely N-dealkylation sites (N-methyl/N-ethyl adjacent to an activating group) is 1. The number of nitrogens with zero attached hydrogens (tertiary/aromatic N) is 2. The van der Waals surface area contributed by atoms with Crippen LogP contribution in [-0.4, -0.2) is 40.9 Å². The van der Waals surface area contributed by atoms with E-state index < -0.39 is 5.97 Å². The molecule has 1 heterocycles. The average molecular weight is 225 g/mol. The molecule has 0 radical (unpaired) electrons. The van der Waals surface area contributed by atoms with Crippen LogP contribution >= 0.6 is 0 Å². The van der Waals surface area contributed by atoms with Crippen LogP contribution in [0.1, 0.15) is 17.3 Å². The second-order valence-electron chi connectivity index (χ2n) is 3.58. The number of nitrogen functional groups attached to an aromatic ring is 1. The first-order valence-electron chi connectivity index (χ1n) is 4.80. The van der Waals surface area contributed by atoms with Gasteiger partial charge in [0.1, 0.15) is 5.82 Å². The van der Waals surface area contributed by atoms with E-state index in [-0.39, 0.29) is 23.9 Å². The van der Waals surface area contributed by atoms with Gasteiger partial charge in [0, 0.05) is 7.05 Å². The molecule has 0 saturated carbocycles. The van der Waals surface area contributed by atoms with Crippen LogP contribution < -0.4 is 10.6 Å². The molecule has 6 nitrogen and oxygen atoms in total. The zero-order valence-corrected chi connectivity index (χ0v) is 9.21. The molecule has 0 saturated heterocycles. The van der Waals surface area contributed by atoms with Crippen LogP contribution in [0.15, 0.2) is 12.3 Å². The van der Waals surface area contributed by atoms with Crippen LogP contribution in [-0.2, 0) is 0 Å². The molecule has 0 amide bonds. The van der Waals surface area contributed by atoms with Crippen LogP contribution in [0.5, 0.6) is 0 Å². The van der Waals surface area contributed by atoms with Gasteiger partial charge in [-0.3, -0.25) is 0 Å². The van der Waals surface area contributed by atoms with E-state index in [2.05, 4.69) is 4.98 Å². The molecule has 88 valence electrons. The van der Waals surface area contributed by atoms with Crippen molar-refractivity contribution in [3.8, 4) is 0 Å². The van der Waals surface area contributed by atoms with Crippen molar-refractivity contribution in [1.29, 1.82) is 0 Å². The second kappa shape index (κ2) is 4.80. The first-order valence-corrected chi connectivity index (χ1v) is 4.80. The van der Waals surface area contributed by atoms with Crippen molar-refractivity contribution in [2.24, 2.45) is 0 Å². The summed E-state index contributed by atoms with van der Waals surface area (Å²) in [6.07, 6.45) is 1.30. The standard InChI is InChI=1S/C10H15N3O3/c1-6(5-14)13(2)9-3-7(10(15)16)8(11)4-12-9/h3-4,6,14H,5,11H2,1-2H3,(H,15,16). The highest BCUT2D eigenvalue weighted by atomic mass is 16.4. The van der Waals surface area contributed by atoms with Crippen LogP contribution in [0.4, 0.5) is 11.5 Å².